The van der Waals surface area contributed by atoms with Crippen molar-refractivity contribution in [3.63, 3.8) is 0 Å². The number of urea groups is 1. The summed E-state index contributed by atoms with van der Waals surface area (Å²) < 4.78 is 42.9. The highest BCUT2D eigenvalue weighted by Gasteiger charge is 2.30. The first-order valence-corrected chi connectivity index (χ1v) is 9.82. The molecular weight excluding hydrogens is 447 g/mol. The average Bonchev–Trinajstić information content (AvgIpc) is 2.73. The number of halogens is 4. The number of nitrogens with zero attached hydrogens (tertiary/aromatic N) is 2. The van der Waals surface area contributed by atoms with Crippen molar-refractivity contribution in [2.24, 2.45) is 0 Å². The fourth-order valence-corrected chi connectivity index (χ4v) is 3.31. The number of aromatic nitrogens is 1. The van der Waals surface area contributed by atoms with Gasteiger partial charge < -0.3 is 15.0 Å². The molecule has 0 saturated heterocycles. The van der Waals surface area contributed by atoms with Crippen LogP contribution in [-0.2, 0) is 10.9 Å². The molecule has 2 amide bonds. The lowest BCUT2D eigenvalue weighted by molar-refractivity contribution is -0.137. The Labute approximate surface area is 186 Å². The molecule has 2 aromatic rings. The van der Waals surface area contributed by atoms with Crippen LogP contribution in [0.1, 0.15) is 30.2 Å². The summed E-state index contributed by atoms with van der Waals surface area (Å²) in [4.78, 5) is 18.2. The first-order chi connectivity index (χ1) is 15.0. The second kappa shape index (κ2) is 9.39. The lowest BCUT2D eigenvalue weighted by Crippen LogP contribution is -2.38. The summed E-state index contributed by atoms with van der Waals surface area (Å²) in [6.07, 6.45) is -0.735. The van der Waals surface area contributed by atoms with Gasteiger partial charge in [0.05, 0.1) is 21.8 Å². The maximum Gasteiger partial charge on any atom is 0.416 e. The van der Waals surface area contributed by atoms with Gasteiger partial charge in [-0.2, -0.15) is 13.2 Å². The number of benzene rings is 1. The first-order valence-electron chi connectivity index (χ1n) is 9.44. The molecule has 0 fully saturated rings. The van der Waals surface area contributed by atoms with Crippen LogP contribution in [0.5, 0.6) is 0 Å². The van der Waals surface area contributed by atoms with Crippen LogP contribution in [0.15, 0.2) is 42.6 Å². The molecule has 0 spiro atoms. The molecule has 0 unspecified atom stereocenters. The Kier molecular flexibility index (Phi) is 6.83. The van der Waals surface area contributed by atoms with Gasteiger partial charge in [-0.25, -0.2) is 4.79 Å². The molecule has 0 atom stereocenters. The van der Waals surface area contributed by atoms with Crippen molar-refractivity contribution >= 4 is 40.7 Å². The number of nitrogens with one attached hydrogen (secondary N) is 3. The van der Waals surface area contributed by atoms with E-state index in [2.05, 4.69) is 10.3 Å². The second-order valence-electron chi connectivity index (χ2n) is 6.97. The highest BCUT2D eigenvalue weighted by molar-refractivity contribution is 6.32. The van der Waals surface area contributed by atoms with Gasteiger partial charge in [0.1, 0.15) is 0 Å². The maximum absolute atomic E-state index is 12.6. The number of alkyl halides is 3. The molecule has 3 rings (SSSR count). The van der Waals surface area contributed by atoms with E-state index in [-0.39, 0.29) is 24.0 Å². The number of hydrogen-bond donors (Lipinski definition) is 3. The number of amides is 2. The van der Waals surface area contributed by atoms with E-state index in [1.54, 1.807) is 6.08 Å². The smallest absolute Gasteiger partial charge is 0.416 e. The average molecular weight is 466 g/mol. The molecule has 7 nitrogen and oxygen atoms in total. The van der Waals surface area contributed by atoms with Crippen molar-refractivity contribution in [2.75, 3.05) is 18.4 Å². The summed E-state index contributed by atoms with van der Waals surface area (Å²) in [5, 5.41) is 18.0. The third-order valence-electron chi connectivity index (χ3n) is 4.62. The van der Waals surface area contributed by atoms with E-state index in [9.17, 15) is 18.0 Å². The highest BCUT2D eigenvalue weighted by Crippen LogP contribution is 2.30. The molecular formula is C21H19ClF3N5O2. The monoisotopic (exact) mass is 465 g/mol. The van der Waals surface area contributed by atoms with Gasteiger partial charge in [-0.15, -0.1) is 0 Å². The van der Waals surface area contributed by atoms with Crippen LogP contribution in [0.25, 0.3) is 5.57 Å². The quantitative estimate of drug-likeness (QED) is 0.417. The molecule has 3 N–H and O–H groups in total. The summed E-state index contributed by atoms with van der Waals surface area (Å²) in [5.74, 6) is -0.359. The Morgan fingerprint density at radius 2 is 1.94 bits per heavy atom. The Morgan fingerprint density at radius 1 is 1.25 bits per heavy atom. The number of carbonyl (C=O) groups is 1. The number of pyridine rings is 1. The number of rotatable bonds is 3. The minimum atomic E-state index is -4.43. The second-order valence-corrected chi connectivity index (χ2v) is 7.38. The van der Waals surface area contributed by atoms with Gasteiger partial charge in [-0.1, -0.05) is 17.7 Å². The Bertz CT molecular complexity index is 1080. The van der Waals surface area contributed by atoms with E-state index in [1.807, 2.05) is 0 Å². The van der Waals surface area contributed by atoms with E-state index in [4.69, 9.17) is 27.2 Å². The van der Waals surface area contributed by atoms with Gasteiger partial charge in [-0.05, 0) is 42.3 Å². The predicted octanol–water partition coefficient (Wildman–Crippen LogP) is 5.41. The van der Waals surface area contributed by atoms with Gasteiger partial charge in [0.2, 0.25) is 5.90 Å². The van der Waals surface area contributed by atoms with Crippen molar-refractivity contribution in [1.29, 1.82) is 10.8 Å². The van der Waals surface area contributed by atoms with Crippen LogP contribution >= 0.6 is 11.6 Å². The summed E-state index contributed by atoms with van der Waals surface area (Å²) in [5.41, 5.74) is 1.17. The number of ether oxygens (including phenoxy) is 1. The predicted molar refractivity (Wildman–Crippen MR) is 115 cm³/mol. The molecule has 1 aliphatic rings. The van der Waals surface area contributed by atoms with Gasteiger partial charge in [0, 0.05) is 31.9 Å². The summed E-state index contributed by atoms with van der Waals surface area (Å²) in [6.45, 7) is 2.04. The lowest BCUT2D eigenvalue weighted by Gasteiger charge is -2.27. The minimum Gasteiger partial charge on any atom is -0.425 e. The largest absolute Gasteiger partial charge is 0.425 e. The van der Waals surface area contributed by atoms with E-state index >= 15 is 0 Å². The standard InChI is InChI=1S/C21H19ClF3N5O2/c1-12(26)32-19(27)14-10-17(22)18(28-11-14)13-6-8-30(9-7-13)20(31)29-16-4-2-15(3-5-16)21(23,24)25/h2-6,10-11,26-27H,7-9H2,1H3,(H,29,31). The molecule has 1 aromatic heterocycles. The zero-order valence-electron chi connectivity index (χ0n) is 16.9. The van der Waals surface area contributed by atoms with Crippen molar-refractivity contribution in [2.45, 2.75) is 19.5 Å². The Morgan fingerprint density at radius 3 is 2.47 bits per heavy atom. The number of anilines is 1. The molecule has 0 bridgehead atoms. The minimum absolute atomic E-state index is 0.125. The summed E-state index contributed by atoms with van der Waals surface area (Å²) in [6, 6.07) is 5.34. The summed E-state index contributed by atoms with van der Waals surface area (Å²) in [7, 11) is 0. The number of hydrogen-bond acceptors (Lipinski definition) is 5. The van der Waals surface area contributed by atoms with E-state index in [1.165, 1.54) is 36.2 Å². The highest BCUT2D eigenvalue weighted by atomic mass is 35.5. The fourth-order valence-electron chi connectivity index (χ4n) is 3.02. The van der Waals surface area contributed by atoms with Gasteiger partial charge >= 0.3 is 12.2 Å². The van der Waals surface area contributed by atoms with Gasteiger partial charge in [0.25, 0.3) is 0 Å². The fraction of sp³-hybridized carbons (Fsp3) is 0.238. The normalized spacial score (nSPS) is 13.9. The Hall–Kier alpha value is -3.40. The number of carbonyl (C=O) groups excluding carboxylic acids is 1. The molecule has 0 aliphatic carbocycles. The van der Waals surface area contributed by atoms with Crippen LogP contribution in [-0.4, -0.2) is 40.8 Å². The molecule has 2 heterocycles. The third kappa shape index (κ3) is 5.64. The molecule has 1 aliphatic heterocycles. The van der Waals surface area contributed by atoms with Crippen molar-refractivity contribution in [3.8, 4) is 0 Å². The topological polar surface area (TPSA) is 102 Å². The first kappa shape index (κ1) is 23.3. The maximum atomic E-state index is 12.6. The van der Waals surface area contributed by atoms with Crippen LogP contribution in [0, 0.1) is 10.8 Å². The van der Waals surface area contributed by atoms with Crippen molar-refractivity contribution < 1.29 is 22.7 Å². The van der Waals surface area contributed by atoms with Crippen molar-refractivity contribution in [1.82, 2.24) is 9.88 Å². The molecule has 0 radical (unpaired) electrons. The van der Waals surface area contributed by atoms with Crippen molar-refractivity contribution in [3.05, 3.63) is 64.4 Å². The van der Waals surface area contributed by atoms with E-state index in [0.717, 1.165) is 17.7 Å². The Balaban J connectivity index is 1.63. The third-order valence-corrected chi connectivity index (χ3v) is 4.91. The summed E-state index contributed by atoms with van der Waals surface area (Å²) >= 11 is 6.31. The van der Waals surface area contributed by atoms with Crippen LogP contribution in [0.2, 0.25) is 5.02 Å². The zero-order valence-corrected chi connectivity index (χ0v) is 17.6. The van der Waals surface area contributed by atoms with E-state index < -0.39 is 17.8 Å². The van der Waals surface area contributed by atoms with Crippen LogP contribution in [0.3, 0.4) is 0 Å². The van der Waals surface area contributed by atoms with Gasteiger partial charge in [-0.3, -0.25) is 15.8 Å². The van der Waals surface area contributed by atoms with Gasteiger partial charge in [0.15, 0.2) is 5.90 Å². The molecule has 11 heteroatoms. The lowest BCUT2D eigenvalue weighted by atomic mass is 10.0. The molecule has 32 heavy (non-hydrogen) atoms. The molecule has 1 aromatic carbocycles. The molecule has 0 saturated carbocycles. The zero-order chi connectivity index (χ0) is 23.5. The van der Waals surface area contributed by atoms with E-state index in [0.29, 0.717) is 29.2 Å². The van der Waals surface area contributed by atoms with Crippen LogP contribution < -0.4 is 5.32 Å². The SMILES string of the molecule is CC(=N)OC(=N)c1cnc(C2=CCN(C(=O)Nc3ccc(C(F)(F)F)cc3)CC2)c(Cl)c1. The van der Waals surface area contributed by atoms with Crippen LogP contribution in [0.4, 0.5) is 23.7 Å². The molecule has 168 valence electrons.